The van der Waals surface area contributed by atoms with Crippen molar-refractivity contribution in [1.29, 1.82) is 0 Å². The molecule has 0 N–H and O–H groups in total. The first-order valence-electron chi connectivity index (χ1n) is 12.9. The monoisotopic (exact) mass is 547 g/mol. The highest BCUT2D eigenvalue weighted by Gasteiger charge is 2.30. The Bertz CT molecular complexity index is 1290. The highest BCUT2D eigenvalue weighted by molar-refractivity contribution is 8.03. The quantitative estimate of drug-likeness (QED) is 0.207. The van der Waals surface area contributed by atoms with Crippen LogP contribution in [-0.4, -0.2) is 31.0 Å². The molecule has 1 atom stereocenters. The van der Waals surface area contributed by atoms with Gasteiger partial charge >= 0.3 is 5.97 Å². The van der Waals surface area contributed by atoms with Gasteiger partial charge in [-0.3, -0.25) is 4.79 Å². The number of carbonyl (C=O) groups is 1. The molecule has 0 saturated heterocycles. The molecular weight excluding hydrogens is 506 g/mol. The van der Waals surface area contributed by atoms with E-state index in [4.69, 9.17) is 4.74 Å². The summed E-state index contributed by atoms with van der Waals surface area (Å²) in [5, 5.41) is 0. The Morgan fingerprint density at radius 1 is 0.892 bits per heavy atom. The summed E-state index contributed by atoms with van der Waals surface area (Å²) in [5.41, 5.74) is 2.31. The van der Waals surface area contributed by atoms with Crippen molar-refractivity contribution >= 4 is 25.7 Å². The van der Waals surface area contributed by atoms with Gasteiger partial charge in [0.25, 0.3) is 10.0 Å². The van der Waals surface area contributed by atoms with Gasteiger partial charge in [0.2, 0.25) is 0 Å². The molecule has 0 unspecified atom stereocenters. The van der Waals surface area contributed by atoms with Gasteiger partial charge in [-0.1, -0.05) is 97.4 Å². The fourth-order valence-corrected chi connectivity index (χ4v) is 8.32. The summed E-state index contributed by atoms with van der Waals surface area (Å²) in [5.74, 6) is -1.43. The largest absolute Gasteiger partial charge is 0.461 e. The molecule has 2 rings (SSSR count). The fraction of sp³-hybridized carbons (Fsp3) is 0.483. The normalized spacial score (nSPS) is 13.9. The molecule has 0 aliphatic carbocycles. The molecule has 0 aliphatic heterocycles. The molecule has 0 spiro atoms. The van der Waals surface area contributed by atoms with Crippen LogP contribution in [0, 0.1) is 0 Å². The number of sulfonamides is 1. The second-order valence-corrected chi connectivity index (χ2v) is 14.1. The van der Waals surface area contributed by atoms with Crippen molar-refractivity contribution in [1.82, 2.24) is 0 Å². The molecule has 0 heterocycles. The fourth-order valence-electron chi connectivity index (χ4n) is 3.86. The van der Waals surface area contributed by atoms with E-state index in [1.165, 1.54) is 12.1 Å². The second-order valence-electron chi connectivity index (χ2n) is 10.1. The Balaban J connectivity index is 2.71. The van der Waals surface area contributed by atoms with Crippen molar-refractivity contribution < 1.29 is 22.2 Å². The maximum absolute atomic E-state index is 14.2. The lowest BCUT2D eigenvalue weighted by molar-refractivity contribution is -0.139. The third-order valence-electron chi connectivity index (χ3n) is 5.94. The lowest BCUT2D eigenvalue weighted by atomic mass is 9.89. The highest BCUT2D eigenvalue weighted by atomic mass is 32.3. The maximum Gasteiger partial charge on any atom is 0.320 e. The molecule has 0 fully saturated rings. The molecule has 204 valence electrons. The Morgan fingerprint density at radius 2 is 1.46 bits per heavy atom. The number of hydrogen-bond donors (Lipinski definition) is 0. The number of allylic oxidation sites excluding steroid dienone is 1. The van der Waals surface area contributed by atoms with E-state index in [1.807, 2.05) is 52.8 Å². The van der Waals surface area contributed by atoms with E-state index in [9.17, 15) is 17.4 Å². The summed E-state index contributed by atoms with van der Waals surface area (Å²) in [4.78, 5) is 12.9. The average molecular weight is 548 g/mol. The van der Waals surface area contributed by atoms with E-state index >= 15 is 0 Å². The van der Waals surface area contributed by atoms with Crippen LogP contribution in [-0.2, 0) is 29.3 Å². The molecule has 0 radical (unpaired) electrons. The van der Waals surface area contributed by atoms with Gasteiger partial charge in [0, 0.05) is 4.90 Å². The number of carbonyl (C=O) groups excluding carboxylic acids is 1. The van der Waals surface area contributed by atoms with E-state index in [0.29, 0.717) is 11.1 Å². The number of rotatable bonds is 12. The van der Waals surface area contributed by atoms with Crippen LogP contribution in [0.25, 0.3) is 0 Å². The molecule has 37 heavy (non-hydrogen) atoms. The van der Waals surface area contributed by atoms with Gasteiger partial charge in [-0.15, -0.1) is 3.77 Å². The molecule has 0 aliphatic rings. The minimum atomic E-state index is -4.41. The first-order chi connectivity index (χ1) is 17.3. The lowest BCUT2D eigenvalue weighted by Gasteiger charge is -2.22. The summed E-state index contributed by atoms with van der Waals surface area (Å²) in [6.45, 7) is 13.9. The van der Waals surface area contributed by atoms with Gasteiger partial charge in [-0.2, -0.15) is 8.42 Å². The number of nitrogens with zero attached hydrogens (tertiary/aromatic N) is 1. The lowest BCUT2D eigenvalue weighted by Crippen LogP contribution is -2.21. The summed E-state index contributed by atoms with van der Waals surface area (Å²) in [6.07, 6.45) is 5.45. The summed E-state index contributed by atoms with van der Waals surface area (Å²) >= 11 is 0. The van der Waals surface area contributed by atoms with Crippen molar-refractivity contribution in [3.8, 4) is 0 Å². The van der Waals surface area contributed by atoms with Crippen LogP contribution in [0.4, 0.5) is 0 Å². The van der Waals surface area contributed by atoms with Crippen LogP contribution in [0.2, 0.25) is 0 Å². The number of esters is 1. The van der Waals surface area contributed by atoms with Crippen LogP contribution in [0.1, 0.15) is 95.8 Å². The van der Waals surface area contributed by atoms with E-state index in [2.05, 4.69) is 17.6 Å². The van der Waals surface area contributed by atoms with Gasteiger partial charge < -0.3 is 4.74 Å². The molecule has 2 aromatic carbocycles. The number of ether oxygens (including phenoxy) is 1. The first-order valence-corrected chi connectivity index (χ1v) is 16.0. The van der Waals surface area contributed by atoms with Crippen molar-refractivity contribution in [3.63, 3.8) is 0 Å². The van der Waals surface area contributed by atoms with E-state index in [1.54, 1.807) is 24.3 Å². The summed E-state index contributed by atoms with van der Waals surface area (Å²) in [6, 6.07) is 11.9. The van der Waals surface area contributed by atoms with Crippen LogP contribution in [0.5, 0.6) is 0 Å². The Kier molecular flexibility index (Phi) is 11.1. The topological polar surface area (TPSA) is 89.9 Å². The van der Waals surface area contributed by atoms with Gasteiger partial charge in [0.15, 0.2) is 0 Å². The molecule has 0 saturated carbocycles. The smallest absolute Gasteiger partial charge is 0.320 e. The van der Waals surface area contributed by atoms with Crippen molar-refractivity contribution in [2.24, 2.45) is 3.77 Å². The second kappa shape index (κ2) is 13.4. The Morgan fingerprint density at radius 3 is 1.95 bits per heavy atom. The van der Waals surface area contributed by atoms with Crippen LogP contribution in [0.15, 0.2) is 68.2 Å². The standard InChI is InChI=1S/C29H41NO5S2/c1-8-9-10-14-17-35-28(31)20-36(32,25-15-12-11-13-16-25)30-37(33,34)29-26(22(4)5)18-24(21(2)3)19-27(29)23(6)7/h10-16,18-19,21-23H,8-9,17,20H2,1-7H3/b14-10+/t36-/m0/s1. The molecule has 6 nitrogen and oxygen atoms in total. The maximum atomic E-state index is 14.2. The third-order valence-corrected chi connectivity index (χ3v) is 10.3. The van der Waals surface area contributed by atoms with Crippen molar-refractivity contribution in [2.45, 2.75) is 88.9 Å². The molecule has 8 heteroatoms. The highest BCUT2D eigenvalue weighted by Crippen LogP contribution is 2.36. The zero-order chi connectivity index (χ0) is 27.8. The number of benzene rings is 2. The Labute approximate surface area is 223 Å². The van der Waals surface area contributed by atoms with Crippen LogP contribution < -0.4 is 0 Å². The minimum Gasteiger partial charge on any atom is -0.461 e. The average Bonchev–Trinajstić information content (AvgIpc) is 2.83. The zero-order valence-corrected chi connectivity index (χ0v) is 24.7. The molecule has 0 bridgehead atoms. The number of hydrogen-bond acceptors (Lipinski definition) is 5. The minimum absolute atomic E-state index is 0.0293. The van der Waals surface area contributed by atoms with Crippen molar-refractivity contribution in [2.75, 3.05) is 12.4 Å². The van der Waals surface area contributed by atoms with Gasteiger partial charge in [-0.05, 0) is 53.0 Å². The Hall–Kier alpha value is -2.45. The van der Waals surface area contributed by atoms with Gasteiger partial charge in [0.05, 0.1) is 4.90 Å². The van der Waals surface area contributed by atoms with E-state index < -0.39 is 31.5 Å². The summed E-state index contributed by atoms with van der Waals surface area (Å²) in [7, 11) is -8.10. The molecular formula is C29H41NO5S2. The van der Waals surface area contributed by atoms with Gasteiger partial charge in [-0.25, -0.2) is 4.21 Å². The SMILES string of the molecule is CCC/C=C/COC(=O)C[S@@](=O)(=NS(=O)(=O)c1c(C(C)C)cc(C(C)C)cc1C(C)C)c1ccccc1. The predicted molar refractivity (Wildman–Crippen MR) is 151 cm³/mol. The van der Waals surface area contributed by atoms with Gasteiger partial charge in [0.1, 0.15) is 22.1 Å². The first kappa shape index (κ1) is 30.8. The van der Waals surface area contributed by atoms with Crippen LogP contribution >= 0.6 is 0 Å². The van der Waals surface area contributed by atoms with Crippen molar-refractivity contribution in [3.05, 3.63) is 71.3 Å². The summed E-state index contributed by atoms with van der Waals surface area (Å²) < 4.78 is 51.4. The van der Waals surface area contributed by atoms with E-state index in [-0.39, 0.29) is 34.2 Å². The molecule has 0 aromatic heterocycles. The number of unbranched alkanes of at least 4 members (excludes halogenated alkanes) is 1. The van der Waals surface area contributed by atoms with E-state index in [0.717, 1.165) is 18.4 Å². The van der Waals surface area contributed by atoms with Crippen LogP contribution in [0.3, 0.4) is 0 Å². The third kappa shape index (κ3) is 8.27. The predicted octanol–water partition coefficient (Wildman–Crippen LogP) is 7.17. The molecule has 2 aromatic rings. The molecule has 0 amide bonds. The zero-order valence-electron chi connectivity index (χ0n) is 23.1.